The number of hydrogen-bond acceptors (Lipinski definition) is 7. The van der Waals surface area contributed by atoms with E-state index >= 15 is 0 Å². The Morgan fingerprint density at radius 3 is 2.69 bits per heavy atom. The number of carbonyl (C=O) groups excluding carboxylic acids is 3. The van der Waals surface area contributed by atoms with Crippen LogP contribution in [0.5, 0.6) is 0 Å². The van der Waals surface area contributed by atoms with Gasteiger partial charge in [-0.1, -0.05) is 11.6 Å². The van der Waals surface area contributed by atoms with Crippen LogP contribution in [-0.4, -0.2) is 48.4 Å². The number of hydrogen-bond donors (Lipinski definition) is 0. The third kappa shape index (κ3) is 3.67. The van der Waals surface area contributed by atoms with Crippen molar-refractivity contribution in [1.29, 1.82) is 0 Å². The highest BCUT2D eigenvalue weighted by Crippen LogP contribution is 2.49. The fraction of sp³-hybridized carbons (Fsp3) is 0.632. The maximum absolute atomic E-state index is 12.4. The number of epoxide rings is 1. The Hall–Kier alpha value is -2.15. The van der Waals surface area contributed by atoms with Gasteiger partial charge in [-0.15, -0.1) is 0 Å². The molecule has 3 rings (SSSR count). The van der Waals surface area contributed by atoms with E-state index in [1.807, 2.05) is 13.8 Å². The average molecular weight is 364 g/mol. The summed E-state index contributed by atoms with van der Waals surface area (Å²) in [6.45, 7) is 6.34. The molecule has 0 aromatic heterocycles. The van der Waals surface area contributed by atoms with Gasteiger partial charge in [-0.05, 0) is 26.7 Å². The summed E-state index contributed by atoms with van der Waals surface area (Å²) in [5.74, 6) is -1.50. The van der Waals surface area contributed by atoms with Gasteiger partial charge in [0, 0.05) is 25.8 Å². The normalized spacial score (nSPS) is 33.5. The van der Waals surface area contributed by atoms with Gasteiger partial charge < -0.3 is 18.9 Å². The quantitative estimate of drug-likeness (QED) is 0.327. The summed E-state index contributed by atoms with van der Waals surface area (Å²) in [5, 5.41) is 0. The lowest BCUT2D eigenvalue weighted by Crippen LogP contribution is -2.33. The van der Waals surface area contributed by atoms with E-state index in [2.05, 4.69) is 6.08 Å². The molecule has 1 fully saturated rings. The van der Waals surface area contributed by atoms with E-state index in [0.717, 1.165) is 18.4 Å². The van der Waals surface area contributed by atoms with E-state index in [9.17, 15) is 14.4 Å². The second-order valence-corrected chi connectivity index (χ2v) is 7.28. The molecule has 0 bridgehead atoms. The van der Waals surface area contributed by atoms with Crippen LogP contribution in [0.25, 0.3) is 0 Å². The maximum Gasteiger partial charge on any atom is 0.338 e. The van der Waals surface area contributed by atoms with Crippen LogP contribution in [-0.2, 0) is 33.3 Å². The van der Waals surface area contributed by atoms with Gasteiger partial charge in [0.2, 0.25) is 0 Å². The van der Waals surface area contributed by atoms with Crippen LogP contribution in [0, 0.1) is 0 Å². The fourth-order valence-corrected chi connectivity index (χ4v) is 3.69. The maximum atomic E-state index is 12.4. The van der Waals surface area contributed by atoms with Crippen molar-refractivity contribution in [1.82, 2.24) is 0 Å². The zero-order valence-electron chi connectivity index (χ0n) is 15.5. The van der Waals surface area contributed by atoms with Crippen LogP contribution < -0.4 is 0 Å². The number of carbonyl (C=O) groups is 3. The van der Waals surface area contributed by atoms with Crippen molar-refractivity contribution in [3.63, 3.8) is 0 Å². The molecule has 142 valence electrons. The molecule has 2 heterocycles. The largest absolute Gasteiger partial charge is 0.461 e. The summed E-state index contributed by atoms with van der Waals surface area (Å²) < 4.78 is 22.0. The van der Waals surface area contributed by atoms with Crippen molar-refractivity contribution in [3.05, 3.63) is 22.8 Å². The summed E-state index contributed by atoms with van der Waals surface area (Å²) in [6.07, 6.45) is 2.63. The zero-order valence-corrected chi connectivity index (χ0v) is 15.5. The highest BCUT2D eigenvalue weighted by molar-refractivity contribution is 5.93. The first-order valence-electron chi connectivity index (χ1n) is 8.79. The van der Waals surface area contributed by atoms with Gasteiger partial charge in [-0.3, -0.25) is 9.59 Å². The molecular weight excluding hydrogens is 340 g/mol. The van der Waals surface area contributed by atoms with Gasteiger partial charge in [0.1, 0.15) is 18.8 Å². The molecule has 2 aliphatic heterocycles. The van der Waals surface area contributed by atoms with Crippen LogP contribution in [0.15, 0.2) is 22.8 Å². The molecule has 1 aliphatic carbocycles. The molecule has 0 aromatic carbocycles. The lowest BCUT2D eigenvalue weighted by atomic mass is 9.87. The molecule has 0 saturated carbocycles. The predicted molar refractivity (Wildman–Crippen MR) is 90.0 cm³/mol. The number of esters is 3. The lowest BCUT2D eigenvalue weighted by Gasteiger charge is -2.24. The monoisotopic (exact) mass is 364 g/mol. The first-order valence-corrected chi connectivity index (χ1v) is 8.79. The predicted octanol–water partition coefficient (Wildman–Crippen LogP) is 1.99. The van der Waals surface area contributed by atoms with E-state index in [-0.39, 0.29) is 23.9 Å². The Balaban J connectivity index is 2.03. The highest BCUT2D eigenvalue weighted by Gasteiger charge is 2.61. The lowest BCUT2D eigenvalue weighted by molar-refractivity contribution is -0.145. The first kappa shape index (κ1) is 18.6. The minimum Gasteiger partial charge on any atom is -0.461 e. The Kier molecular flexibility index (Phi) is 4.92. The van der Waals surface area contributed by atoms with E-state index in [4.69, 9.17) is 18.9 Å². The molecule has 7 heteroatoms. The standard InChI is InChI=1S/C19H24O7/c1-10-6-5-7-19(4)17(26-19)16-15(14(8-10)24-12(3)21)13(18(22)25-16)9-23-11(2)20/h6,14,16-17H,5,7-9H2,1-4H3. The van der Waals surface area contributed by atoms with E-state index < -0.39 is 30.1 Å². The molecule has 3 aliphatic rings. The van der Waals surface area contributed by atoms with Crippen molar-refractivity contribution < 1.29 is 33.3 Å². The zero-order chi connectivity index (χ0) is 19.1. The Bertz CT molecular complexity index is 705. The van der Waals surface area contributed by atoms with Crippen molar-refractivity contribution in [2.24, 2.45) is 0 Å². The third-order valence-corrected chi connectivity index (χ3v) is 5.07. The molecule has 0 radical (unpaired) electrons. The van der Waals surface area contributed by atoms with Crippen LogP contribution in [0.1, 0.15) is 47.0 Å². The van der Waals surface area contributed by atoms with Gasteiger partial charge >= 0.3 is 17.9 Å². The molecule has 26 heavy (non-hydrogen) atoms. The number of allylic oxidation sites excluding steroid dienone is 1. The molecule has 1 saturated heterocycles. The Labute approximate surface area is 152 Å². The molecule has 4 unspecified atom stereocenters. The average Bonchev–Trinajstić information content (AvgIpc) is 3.07. The van der Waals surface area contributed by atoms with E-state index in [1.54, 1.807) is 0 Å². The summed E-state index contributed by atoms with van der Waals surface area (Å²) in [5.41, 5.74) is 1.45. The summed E-state index contributed by atoms with van der Waals surface area (Å²) >= 11 is 0. The fourth-order valence-electron chi connectivity index (χ4n) is 3.69. The second-order valence-electron chi connectivity index (χ2n) is 7.28. The molecule has 0 aromatic rings. The summed E-state index contributed by atoms with van der Waals surface area (Å²) in [4.78, 5) is 35.3. The van der Waals surface area contributed by atoms with Crippen LogP contribution >= 0.6 is 0 Å². The minimum absolute atomic E-state index is 0.204. The molecular formula is C19H24O7. The SMILES string of the molecule is CC(=O)OCC1=C2C(OC(C)=O)CC(C)=CCCC3(C)OC3C2OC1=O. The molecule has 4 atom stereocenters. The van der Waals surface area contributed by atoms with E-state index in [0.29, 0.717) is 12.0 Å². The Morgan fingerprint density at radius 2 is 2.04 bits per heavy atom. The number of fused-ring (bicyclic) bond motifs is 3. The minimum atomic E-state index is -0.655. The van der Waals surface area contributed by atoms with Crippen molar-refractivity contribution >= 4 is 17.9 Å². The highest BCUT2D eigenvalue weighted by atomic mass is 16.6. The van der Waals surface area contributed by atoms with Crippen molar-refractivity contribution in [2.45, 2.75) is 70.9 Å². The summed E-state index contributed by atoms with van der Waals surface area (Å²) in [7, 11) is 0. The topological polar surface area (TPSA) is 91.4 Å². The number of rotatable bonds is 3. The van der Waals surface area contributed by atoms with E-state index in [1.165, 1.54) is 13.8 Å². The first-order chi connectivity index (χ1) is 12.2. The van der Waals surface area contributed by atoms with Crippen molar-refractivity contribution in [2.75, 3.05) is 6.61 Å². The number of ether oxygens (including phenoxy) is 4. The van der Waals surface area contributed by atoms with Gasteiger partial charge in [-0.2, -0.15) is 0 Å². The van der Waals surface area contributed by atoms with Gasteiger partial charge in [0.05, 0.1) is 11.2 Å². The smallest absolute Gasteiger partial charge is 0.338 e. The van der Waals surface area contributed by atoms with Crippen molar-refractivity contribution in [3.8, 4) is 0 Å². The van der Waals surface area contributed by atoms with Gasteiger partial charge in [0.15, 0.2) is 6.10 Å². The molecule has 0 N–H and O–H groups in total. The molecule has 7 nitrogen and oxygen atoms in total. The van der Waals surface area contributed by atoms with Crippen LogP contribution in [0.3, 0.4) is 0 Å². The van der Waals surface area contributed by atoms with Crippen LogP contribution in [0.2, 0.25) is 0 Å². The molecule has 0 spiro atoms. The third-order valence-electron chi connectivity index (χ3n) is 5.07. The van der Waals surface area contributed by atoms with Gasteiger partial charge in [0.25, 0.3) is 0 Å². The van der Waals surface area contributed by atoms with Crippen LogP contribution in [0.4, 0.5) is 0 Å². The second kappa shape index (κ2) is 6.87. The van der Waals surface area contributed by atoms with Gasteiger partial charge in [-0.25, -0.2) is 4.79 Å². The summed E-state index contributed by atoms with van der Waals surface area (Å²) in [6, 6.07) is 0. The Morgan fingerprint density at radius 1 is 1.31 bits per heavy atom. The molecule has 0 amide bonds.